The number of nitrogens with two attached hydrogens (primary N) is 1. The second-order valence-electron chi connectivity index (χ2n) is 5.15. The van der Waals surface area contributed by atoms with E-state index in [1.807, 2.05) is 0 Å². The highest BCUT2D eigenvalue weighted by atomic mass is 19.1. The lowest BCUT2D eigenvalue weighted by molar-refractivity contribution is -0.119. The van der Waals surface area contributed by atoms with Gasteiger partial charge in [-0.15, -0.1) is 0 Å². The smallest absolute Gasteiger partial charge is 0.227 e. The predicted octanol–water partition coefficient (Wildman–Crippen LogP) is 3.03. The quantitative estimate of drug-likeness (QED) is 0.863. The fourth-order valence-corrected chi connectivity index (χ4v) is 2.65. The van der Waals surface area contributed by atoms with Gasteiger partial charge in [-0.1, -0.05) is 0 Å². The summed E-state index contributed by atoms with van der Waals surface area (Å²) in [6.07, 6.45) is 0.842. The van der Waals surface area contributed by atoms with Gasteiger partial charge in [0.15, 0.2) is 0 Å². The first-order valence-electron chi connectivity index (χ1n) is 6.66. The standard InChI is InChI=1S/C16H14F2N2O/c17-12-2-3-15-11(7-12)1-4-16(21)20(15)9-10-5-13(18)8-14(19)6-10/h2-3,5-8H,1,4,9,19H2. The number of benzene rings is 2. The van der Waals surface area contributed by atoms with E-state index >= 15 is 0 Å². The van der Waals surface area contributed by atoms with Gasteiger partial charge in [-0.2, -0.15) is 0 Å². The minimum atomic E-state index is -0.436. The van der Waals surface area contributed by atoms with Crippen LogP contribution in [0.1, 0.15) is 17.5 Å². The Bertz CT molecular complexity index is 695. The van der Waals surface area contributed by atoms with Gasteiger partial charge in [0.25, 0.3) is 0 Å². The number of carbonyl (C=O) groups is 1. The third kappa shape index (κ3) is 2.72. The molecule has 21 heavy (non-hydrogen) atoms. The molecule has 0 spiro atoms. The van der Waals surface area contributed by atoms with Crippen molar-refractivity contribution in [2.24, 2.45) is 0 Å². The summed E-state index contributed by atoms with van der Waals surface area (Å²) in [4.78, 5) is 13.7. The van der Waals surface area contributed by atoms with E-state index < -0.39 is 5.82 Å². The number of amides is 1. The molecule has 1 amide bonds. The molecule has 1 aliphatic heterocycles. The van der Waals surface area contributed by atoms with Crippen molar-refractivity contribution in [2.45, 2.75) is 19.4 Å². The van der Waals surface area contributed by atoms with Crippen molar-refractivity contribution < 1.29 is 13.6 Å². The van der Waals surface area contributed by atoms with Crippen molar-refractivity contribution in [1.29, 1.82) is 0 Å². The predicted molar refractivity (Wildman–Crippen MR) is 76.7 cm³/mol. The number of rotatable bonds is 2. The summed E-state index contributed by atoms with van der Waals surface area (Å²) >= 11 is 0. The molecule has 0 saturated heterocycles. The molecule has 0 saturated carbocycles. The number of hydrogen-bond donors (Lipinski definition) is 1. The molecular formula is C16H14F2N2O. The van der Waals surface area contributed by atoms with Crippen molar-refractivity contribution in [3.05, 3.63) is 59.2 Å². The van der Waals surface area contributed by atoms with Crippen molar-refractivity contribution in [1.82, 2.24) is 0 Å². The Kier molecular flexibility index (Phi) is 3.33. The number of fused-ring (bicyclic) bond motifs is 1. The average Bonchev–Trinajstić information content (AvgIpc) is 2.41. The first-order chi connectivity index (χ1) is 10.0. The molecule has 0 atom stereocenters. The van der Waals surface area contributed by atoms with Gasteiger partial charge in [0.1, 0.15) is 11.6 Å². The van der Waals surface area contributed by atoms with E-state index in [-0.39, 0.29) is 18.3 Å². The maximum Gasteiger partial charge on any atom is 0.227 e. The van der Waals surface area contributed by atoms with Gasteiger partial charge in [0.05, 0.1) is 6.54 Å². The maximum atomic E-state index is 13.4. The lowest BCUT2D eigenvalue weighted by atomic mass is 10.00. The van der Waals surface area contributed by atoms with E-state index in [1.165, 1.54) is 24.3 Å². The van der Waals surface area contributed by atoms with Crippen LogP contribution in [0.5, 0.6) is 0 Å². The highest BCUT2D eigenvalue weighted by Gasteiger charge is 2.24. The second-order valence-corrected chi connectivity index (χ2v) is 5.15. The summed E-state index contributed by atoms with van der Waals surface area (Å²) in [6.45, 7) is 0.222. The van der Waals surface area contributed by atoms with Gasteiger partial charge in [-0.05, 0) is 53.9 Å². The van der Waals surface area contributed by atoms with Crippen LogP contribution in [0.15, 0.2) is 36.4 Å². The van der Waals surface area contributed by atoms with E-state index in [1.54, 1.807) is 17.0 Å². The number of anilines is 2. The molecule has 1 heterocycles. The topological polar surface area (TPSA) is 46.3 Å². The van der Waals surface area contributed by atoms with Crippen LogP contribution in [0.25, 0.3) is 0 Å². The molecule has 2 aromatic rings. The Balaban J connectivity index is 1.96. The highest BCUT2D eigenvalue weighted by Crippen LogP contribution is 2.30. The first-order valence-corrected chi connectivity index (χ1v) is 6.66. The van der Waals surface area contributed by atoms with E-state index in [9.17, 15) is 13.6 Å². The Morgan fingerprint density at radius 1 is 1.05 bits per heavy atom. The molecule has 0 fully saturated rings. The molecule has 0 aliphatic carbocycles. The summed E-state index contributed by atoms with van der Waals surface area (Å²) in [5.74, 6) is -0.816. The lowest BCUT2D eigenvalue weighted by Gasteiger charge is -2.29. The molecule has 5 heteroatoms. The molecule has 2 N–H and O–H groups in total. The van der Waals surface area contributed by atoms with Crippen molar-refractivity contribution in [3.8, 4) is 0 Å². The lowest BCUT2D eigenvalue weighted by Crippen LogP contribution is -2.34. The van der Waals surface area contributed by atoms with Crippen LogP contribution < -0.4 is 10.6 Å². The maximum absolute atomic E-state index is 13.4. The number of aryl methyl sites for hydroxylation is 1. The van der Waals surface area contributed by atoms with Crippen LogP contribution in [0, 0.1) is 11.6 Å². The van der Waals surface area contributed by atoms with Gasteiger partial charge >= 0.3 is 0 Å². The van der Waals surface area contributed by atoms with Gasteiger partial charge < -0.3 is 10.6 Å². The summed E-state index contributed by atoms with van der Waals surface area (Å²) in [7, 11) is 0. The molecule has 0 unspecified atom stereocenters. The van der Waals surface area contributed by atoms with Crippen LogP contribution in [0.3, 0.4) is 0 Å². The molecule has 2 aromatic carbocycles. The van der Waals surface area contributed by atoms with E-state index in [4.69, 9.17) is 5.73 Å². The normalized spacial score (nSPS) is 14.2. The number of carbonyl (C=O) groups excluding carboxylic acids is 1. The van der Waals surface area contributed by atoms with Gasteiger partial charge in [0.2, 0.25) is 5.91 Å². The number of halogens is 2. The van der Waals surface area contributed by atoms with Crippen LogP contribution in [0.2, 0.25) is 0 Å². The zero-order chi connectivity index (χ0) is 15.0. The molecule has 0 radical (unpaired) electrons. The highest BCUT2D eigenvalue weighted by molar-refractivity contribution is 5.96. The summed E-state index contributed by atoms with van der Waals surface area (Å²) in [5.41, 5.74) is 8.01. The van der Waals surface area contributed by atoms with Crippen LogP contribution >= 0.6 is 0 Å². The van der Waals surface area contributed by atoms with E-state index in [0.717, 1.165) is 5.56 Å². The van der Waals surface area contributed by atoms with Crippen LogP contribution in [0.4, 0.5) is 20.2 Å². The van der Waals surface area contributed by atoms with Gasteiger partial charge in [0, 0.05) is 17.8 Å². The molecular weight excluding hydrogens is 274 g/mol. The monoisotopic (exact) mass is 288 g/mol. The van der Waals surface area contributed by atoms with E-state index in [0.29, 0.717) is 29.8 Å². The van der Waals surface area contributed by atoms with Crippen molar-refractivity contribution in [3.63, 3.8) is 0 Å². The Hall–Kier alpha value is -2.43. The van der Waals surface area contributed by atoms with Crippen molar-refractivity contribution in [2.75, 3.05) is 10.6 Å². The minimum Gasteiger partial charge on any atom is -0.399 e. The zero-order valence-corrected chi connectivity index (χ0v) is 11.3. The summed E-state index contributed by atoms with van der Waals surface area (Å²) in [6, 6.07) is 8.56. The first kappa shape index (κ1) is 13.5. The second kappa shape index (κ2) is 5.16. The number of nitrogens with zero attached hydrogens (tertiary/aromatic N) is 1. The Labute approximate surface area is 121 Å². The summed E-state index contributed by atoms with van der Waals surface area (Å²) in [5, 5.41) is 0. The fraction of sp³-hybridized carbons (Fsp3) is 0.188. The van der Waals surface area contributed by atoms with Crippen LogP contribution in [-0.2, 0) is 17.8 Å². The summed E-state index contributed by atoms with van der Waals surface area (Å²) < 4.78 is 26.7. The van der Waals surface area contributed by atoms with Crippen molar-refractivity contribution >= 4 is 17.3 Å². The molecule has 3 rings (SSSR count). The van der Waals surface area contributed by atoms with E-state index in [2.05, 4.69) is 0 Å². The largest absolute Gasteiger partial charge is 0.399 e. The number of hydrogen-bond acceptors (Lipinski definition) is 2. The Morgan fingerprint density at radius 2 is 1.86 bits per heavy atom. The van der Waals surface area contributed by atoms with Gasteiger partial charge in [-0.25, -0.2) is 8.78 Å². The molecule has 0 aromatic heterocycles. The fourth-order valence-electron chi connectivity index (χ4n) is 2.65. The zero-order valence-electron chi connectivity index (χ0n) is 11.3. The molecule has 1 aliphatic rings. The van der Waals surface area contributed by atoms with Crippen LogP contribution in [-0.4, -0.2) is 5.91 Å². The SMILES string of the molecule is Nc1cc(F)cc(CN2C(=O)CCc3cc(F)ccc32)c1. The van der Waals surface area contributed by atoms with Gasteiger partial charge in [-0.3, -0.25) is 4.79 Å². The average molecular weight is 288 g/mol. The minimum absolute atomic E-state index is 0.0584. The molecule has 108 valence electrons. The Morgan fingerprint density at radius 3 is 2.62 bits per heavy atom. The molecule has 3 nitrogen and oxygen atoms in total. The molecule has 0 bridgehead atoms. The third-order valence-electron chi connectivity index (χ3n) is 3.56. The third-order valence-corrected chi connectivity index (χ3v) is 3.56. The number of nitrogen functional groups attached to an aromatic ring is 1.